The number of hydrogen-bond acceptors (Lipinski definition) is 2. The van der Waals surface area contributed by atoms with Crippen molar-refractivity contribution in [2.75, 3.05) is 13.1 Å². The molecule has 2 aromatic rings. The van der Waals surface area contributed by atoms with Crippen LogP contribution in [0.4, 0.5) is 4.79 Å². The Morgan fingerprint density at radius 2 is 1.29 bits per heavy atom. The number of benzene rings is 2. The van der Waals surface area contributed by atoms with Gasteiger partial charge in [0.1, 0.15) is 0 Å². The molecule has 0 bridgehead atoms. The average molecular weight is 325 g/mol. The van der Waals surface area contributed by atoms with Gasteiger partial charge in [-0.2, -0.15) is 0 Å². The summed E-state index contributed by atoms with van der Waals surface area (Å²) in [6.45, 7) is 8.51. The van der Waals surface area contributed by atoms with Crippen LogP contribution in [0.3, 0.4) is 0 Å². The van der Waals surface area contributed by atoms with Gasteiger partial charge in [0.2, 0.25) is 0 Å². The summed E-state index contributed by atoms with van der Waals surface area (Å²) in [5.74, 6) is 0. The molecule has 0 radical (unpaired) electrons. The van der Waals surface area contributed by atoms with Gasteiger partial charge in [0.05, 0.1) is 0 Å². The van der Waals surface area contributed by atoms with Crippen molar-refractivity contribution >= 4 is 6.03 Å². The average Bonchev–Trinajstić information content (AvgIpc) is 2.64. The van der Waals surface area contributed by atoms with Crippen LogP contribution in [0.25, 0.3) is 0 Å². The standard InChI is InChI=1S/C20H27N3O/c1-3-23(4-2)16-19-12-10-18(11-13-19)15-22-20(24)21-14-17-8-6-5-7-9-17/h5-13H,3-4,14-16H2,1-2H3,(H2,21,22,24). The molecular weight excluding hydrogens is 298 g/mol. The highest BCUT2D eigenvalue weighted by molar-refractivity contribution is 5.73. The van der Waals surface area contributed by atoms with Crippen molar-refractivity contribution in [3.63, 3.8) is 0 Å². The molecule has 0 saturated carbocycles. The molecule has 0 unspecified atom stereocenters. The van der Waals surface area contributed by atoms with E-state index in [-0.39, 0.29) is 6.03 Å². The number of rotatable bonds is 8. The van der Waals surface area contributed by atoms with Crippen LogP contribution in [0.5, 0.6) is 0 Å². The second kappa shape index (κ2) is 9.73. The lowest BCUT2D eigenvalue weighted by Gasteiger charge is -2.18. The van der Waals surface area contributed by atoms with Gasteiger partial charge in [-0.3, -0.25) is 4.90 Å². The second-order valence-corrected chi connectivity index (χ2v) is 5.80. The van der Waals surface area contributed by atoms with E-state index in [4.69, 9.17) is 0 Å². The van der Waals surface area contributed by atoms with Gasteiger partial charge in [0, 0.05) is 19.6 Å². The number of carbonyl (C=O) groups excluding carboxylic acids is 1. The van der Waals surface area contributed by atoms with Crippen molar-refractivity contribution < 1.29 is 4.79 Å². The van der Waals surface area contributed by atoms with Crippen molar-refractivity contribution in [2.24, 2.45) is 0 Å². The van der Waals surface area contributed by atoms with Crippen molar-refractivity contribution in [1.29, 1.82) is 0 Å². The predicted octanol–water partition coefficient (Wildman–Crippen LogP) is 3.53. The fraction of sp³-hybridized carbons (Fsp3) is 0.350. The molecule has 4 heteroatoms. The Morgan fingerprint density at radius 3 is 1.83 bits per heavy atom. The highest BCUT2D eigenvalue weighted by Crippen LogP contribution is 2.07. The van der Waals surface area contributed by atoms with Gasteiger partial charge in [-0.05, 0) is 29.8 Å². The first kappa shape index (κ1) is 18.0. The number of amides is 2. The summed E-state index contributed by atoms with van der Waals surface area (Å²) >= 11 is 0. The third kappa shape index (κ3) is 6.05. The fourth-order valence-electron chi connectivity index (χ4n) is 2.49. The number of hydrogen-bond donors (Lipinski definition) is 2. The van der Waals surface area contributed by atoms with E-state index in [1.165, 1.54) is 5.56 Å². The lowest BCUT2D eigenvalue weighted by molar-refractivity contribution is 0.240. The van der Waals surface area contributed by atoms with E-state index in [1.807, 2.05) is 30.3 Å². The Labute approximate surface area is 144 Å². The van der Waals surface area contributed by atoms with Gasteiger partial charge < -0.3 is 10.6 Å². The Balaban J connectivity index is 1.74. The molecule has 0 fully saturated rings. The van der Waals surface area contributed by atoms with Gasteiger partial charge in [-0.1, -0.05) is 68.4 Å². The van der Waals surface area contributed by atoms with E-state index in [2.05, 4.69) is 53.6 Å². The SMILES string of the molecule is CCN(CC)Cc1ccc(CNC(=O)NCc2ccccc2)cc1. The maximum absolute atomic E-state index is 11.9. The van der Waals surface area contributed by atoms with Crippen LogP contribution in [0.2, 0.25) is 0 Å². The van der Waals surface area contributed by atoms with Crippen molar-refractivity contribution in [2.45, 2.75) is 33.5 Å². The molecule has 24 heavy (non-hydrogen) atoms. The molecule has 0 spiro atoms. The Hall–Kier alpha value is -2.33. The first-order chi connectivity index (χ1) is 11.7. The van der Waals surface area contributed by atoms with E-state index in [0.717, 1.165) is 30.8 Å². The van der Waals surface area contributed by atoms with E-state index in [9.17, 15) is 4.79 Å². The third-order valence-corrected chi connectivity index (χ3v) is 4.07. The van der Waals surface area contributed by atoms with Gasteiger partial charge in [0.25, 0.3) is 0 Å². The molecule has 2 N–H and O–H groups in total. The molecule has 4 nitrogen and oxygen atoms in total. The molecule has 2 aromatic carbocycles. The number of urea groups is 1. The lowest BCUT2D eigenvalue weighted by atomic mass is 10.1. The number of carbonyl (C=O) groups is 1. The van der Waals surface area contributed by atoms with Crippen LogP contribution in [-0.2, 0) is 19.6 Å². The number of nitrogens with zero attached hydrogens (tertiary/aromatic N) is 1. The summed E-state index contributed by atoms with van der Waals surface area (Å²) in [6.07, 6.45) is 0. The smallest absolute Gasteiger partial charge is 0.315 e. The van der Waals surface area contributed by atoms with Crippen molar-refractivity contribution in [3.05, 3.63) is 71.3 Å². The number of nitrogens with one attached hydrogen (secondary N) is 2. The molecule has 0 heterocycles. The summed E-state index contributed by atoms with van der Waals surface area (Å²) < 4.78 is 0. The molecule has 0 aliphatic rings. The summed E-state index contributed by atoms with van der Waals surface area (Å²) in [5.41, 5.74) is 3.50. The fourth-order valence-corrected chi connectivity index (χ4v) is 2.49. The normalized spacial score (nSPS) is 10.6. The molecule has 2 amide bonds. The summed E-state index contributed by atoms with van der Waals surface area (Å²) in [4.78, 5) is 14.2. The zero-order valence-electron chi connectivity index (χ0n) is 14.6. The van der Waals surface area contributed by atoms with E-state index < -0.39 is 0 Å². The van der Waals surface area contributed by atoms with Gasteiger partial charge in [-0.25, -0.2) is 4.79 Å². The Bertz CT molecular complexity index is 607. The monoisotopic (exact) mass is 325 g/mol. The van der Waals surface area contributed by atoms with Gasteiger partial charge in [-0.15, -0.1) is 0 Å². The van der Waals surface area contributed by atoms with Crippen LogP contribution in [0.1, 0.15) is 30.5 Å². The quantitative estimate of drug-likeness (QED) is 0.780. The molecule has 0 aromatic heterocycles. The van der Waals surface area contributed by atoms with Crippen LogP contribution < -0.4 is 10.6 Å². The first-order valence-electron chi connectivity index (χ1n) is 8.57. The first-order valence-corrected chi connectivity index (χ1v) is 8.57. The molecule has 0 aliphatic carbocycles. The molecule has 0 saturated heterocycles. The summed E-state index contributed by atoms with van der Waals surface area (Å²) in [5, 5.41) is 5.76. The van der Waals surface area contributed by atoms with E-state index >= 15 is 0 Å². The van der Waals surface area contributed by atoms with Gasteiger partial charge in [0.15, 0.2) is 0 Å². The Kier molecular flexibility index (Phi) is 7.30. The van der Waals surface area contributed by atoms with Crippen LogP contribution >= 0.6 is 0 Å². The van der Waals surface area contributed by atoms with E-state index in [0.29, 0.717) is 13.1 Å². The maximum atomic E-state index is 11.9. The summed E-state index contributed by atoms with van der Waals surface area (Å²) in [7, 11) is 0. The second-order valence-electron chi connectivity index (χ2n) is 5.80. The van der Waals surface area contributed by atoms with E-state index in [1.54, 1.807) is 0 Å². The lowest BCUT2D eigenvalue weighted by Crippen LogP contribution is -2.34. The molecule has 0 atom stereocenters. The van der Waals surface area contributed by atoms with Crippen molar-refractivity contribution in [1.82, 2.24) is 15.5 Å². The summed E-state index contributed by atoms with van der Waals surface area (Å²) in [6, 6.07) is 18.2. The predicted molar refractivity (Wildman–Crippen MR) is 98.6 cm³/mol. The van der Waals surface area contributed by atoms with Crippen LogP contribution in [0, 0.1) is 0 Å². The maximum Gasteiger partial charge on any atom is 0.315 e. The topological polar surface area (TPSA) is 44.4 Å². The zero-order chi connectivity index (χ0) is 17.2. The largest absolute Gasteiger partial charge is 0.334 e. The van der Waals surface area contributed by atoms with Crippen LogP contribution in [-0.4, -0.2) is 24.0 Å². The minimum Gasteiger partial charge on any atom is -0.334 e. The molecule has 128 valence electrons. The highest BCUT2D eigenvalue weighted by atomic mass is 16.2. The Morgan fingerprint density at radius 1 is 0.792 bits per heavy atom. The van der Waals surface area contributed by atoms with Crippen molar-refractivity contribution in [3.8, 4) is 0 Å². The minimum atomic E-state index is -0.147. The zero-order valence-corrected chi connectivity index (χ0v) is 14.6. The molecule has 0 aliphatic heterocycles. The molecular formula is C20H27N3O. The third-order valence-electron chi connectivity index (χ3n) is 4.07. The minimum absolute atomic E-state index is 0.147. The highest BCUT2D eigenvalue weighted by Gasteiger charge is 2.03. The molecule has 2 rings (SSSR count). The van der Waals surface area contributed by atoms with Gasteiger partial charge >= 0.3 is 6.03 Å². The van der Waals surface area contributed by atoms with Crippen LogP contribution in [0.15, 0.2) is 54.6 Å².